The highest BCUT2D eigenvalue weighted by atomic mass is 16.3. The van der Waals surface area contributed by atoms with Crippen LogP contribution < -0.4 is 0 Å². The van der Waals surface area contributed by atoms with Gasteiger partial charge in [0.2, 0.25) is 0 Å². The lowest BCUT2D eigenvalue weighted by atomic mass is 9.90. The third-order valence-electron chi connectivity index (χ3n) is 5.14. The Morgan fingerprint density at radius 2 is 1.17 bits per heavy atom. The van der Waals surface area contributed by atoms with Crippen molar-refractivity contribution < 1.29 is 15.0 Å². The van der Waals surface area contributed by atoms with E-state index in [1.807, 2.05) is 6.92 Å². The van der Waals surface area contributed by atoms with E-state index in [1.54, 1.807) is 0 Å². The minimum absolute atomic E-state index is 0.0114. The highest BCUT2D eigenvalue weighted by Crippen LogP contribution is 2.19. The van der Waals surface area contributed by atoms with Crippen LogP contribution in [-0.2, 0) is 4.79 Å². The van der Waals surface area contributed by atoms with Crippen LogP contribution in [0.3, 0.4) is 0 Å². The van der Waals surface area contributed by atoms with Crippen LogP contribution >= 0.6 is 0 Å². The van der Waals surface area contributed by atoms with Gasteiger partial charge in [0.15, 0.2) is 5.78 Å². The van der Waals surface area contributed by atoms with E-state index in [1.165, 1.54) is 77.0 Å². The van der Waals surface area contributed by atoms with E-state index >= 15 is 0 Å². The van der Waals surface area contributed by atoms with Crippen LogP contribution in [0.25, 0.3) is 0 Å². The van der Waals surface area contributed by atoms with E-state index in [2.05, 4.69) is 6.92 Å². The van der Waals surface area contributed by atoms with Gasteiger partial charge >= 0.3 is 0 Å². The first-order valence-electron chi connectivity index (χ1n) is 10.5. The molecule has 3 heteroatoms. The lowest BCUT2D eigenvalue weighted by molar-refractivity contribution is -0.132. The largest absolute Gasteiger partial charge is 0.388 e. The van der Waals surface area contributed by atoms with Gasteiger partial charge in [0.1, 0.15) is 12.7 Å². The number of rotatable bonds is 18. The van der Waals surface area contributed by atoms with Gasteiger partial charge in [-0.2, -0.15) is 0 Å². The highest BCUT2D eigenvalue weighted by molar-refractivity contribution is 5.84. The van der Waals surface area contributed by atoms with Gasteiger partial charge in [-0.05, 0) is 12.3 Å². The van der Waals surface area contributed by atoms with E-state index in [9.17, 15) is 9.90 Å². The Kier molecular flexibility index (Phi) is 17.1. The van der Waals surface area contributed by atoms with Crippen molar-refractivity contribution in [2.24, 2.45) is 5.92 Å². The number of hydrogen-bond donors (Lipinski definition) is 2. The van der Waals surface area contributed by atoms with Gasteiger partial charge in [-0.3, -0.25) is 4.79 Å². The molecule has 0 fully saturated rings. The average molecular weight is 343 g/mol. The SMILES string of the molecule is CCCCCCCCCCCCCCCC(CC)C(O)C(=O)CO. The third-order valence-corrected chi connectivity index (χ3v) is 5.14. The molecule has 0 rings (SSSR count). The number of aliphatic hydroxyl groups excluding tert-OH is 2. The molecule has 0 saturated carbocycles. The average Bonchev–Trinajstić information content (AvgIpc) is 2.61. The van der Waals surface area contributed by atoms with Gasteiger partial charge in [0, 0.05) is 0 Å². The molecule has 0 aromatic rings. The van der Waals surface area contributed by atoms with Crippen LogP contribution in [0.1, 0.15) is 110 Å². The molecule has 0 radical (unpaired) electrons. The zero-order chi connectivity index (χ0) is 18.0. The van der Waals surface area contributed by atoms with Crippen LogP contribution in [0.2, 0.25) is 0 Å². The van der Waals surface area contributed by atoms with Crippen LogP contribution in [-0.4, -0.2) is 28.7 Å². The summed E-state index contributed by atoms with van der Waals surface area (Å²) >= 11 is 0. The maximum Gasteiger partial charge on any atom is 0.186 e. The Morgan fingerprint density at radius 1 is 0.750 bits per heavy atom. The summed E-state index contributed by atoms with van der Waals surface area (Å²) < 4.78 is 0. The molecule has 2 unspecified atom stereocenters. The number of carbonyl (C=O) groups is 1. The van der Waals surface area contributed by atoms with Crippen molar-refractivity contribution in [2.45, 2.75) is 116 Å². The van der Waals surface area contributed by atoms with Gasteiger partial charge < -0.3 is 10.2 Å². The first kappa shape index (κ1) is 23.6. The molecule has 0 aromatic heterocycles. The van der Waals surface area contributed by atoms with Crippen molar-refractivity contribution in [3.8, 4) is 0 Å². The van der Waals surface area contributed by atoms with Crippen molar-refractivity contribution in [1.29, 1.82) is 0 Å². The van der Waals surface area contributed by atoms with E-state index in [0.29, 0.717) is 0 Å². The first-order chi connectivity index (χ1) is 11.7. The smallest absolute Gasteiger partial charge is 0.186 e. The molecule has 2 N–H and O–H groups in total. The number of hydrogen-bond acceptors (Lipinski definition) is 3. The van der Waals surface area contributed by atoms with Crippen molar-refractivity contribution in [3.63, 3.8) is 0 Å². The molecule has 0 amide bonds. The molecule has 24 heavy (non-hydrogen) atoms. The maximum atomic E-state index is 11.3. The fourth-order valence-corrected chi connectivity index (χ4v) is 3.37. The molecule has 3 nitrogen and oxygen atoms in total. The molecule has 144 valence electrons. The van der Waals surface area contributed by atoms with Crippen molar-refractivity contribution in [3.05, 3.63) is 0 Å². The van der Waals surface area contributed by atoms with Crippen LogP contribution in [0.4, 0.5) is 0 Å². The van der Waals surface area contributed by atoms with Crippen molar-refractivity contribution >= 4 is 5.78 Å². The monoisotopic (exact) mass is 342 g/mol. The Hall–Kier alpha value is -0.410. The Balaban J connectivity index is 3.39. The normalized spacial score (nSPS) is 13.8. The second kappa shape index (κ2) is 17.4. The molecule has 2 atom stereocenters. The van der Waals surface area contributed by atoms with E-state index < -0.39 is 18.5 Å². The molecule has 0 aliphatic heterocycles. The van der Waals surface area contributed by atoms with Crippen molar-refractivity contribution in [2.75, 3.05) is 6.61 Å². The third kappa shape index (κ3) is 12.9. The molecule has 0 aliphatic carbocycles. The summed E-state index contributed by atoms with van der Waals surface area (Å²) in [6.45, 7) is 3.72. The van der Waals surface area contributed by atoms with Crippen molar-refractivity contribution in [1.82, 2.24) is 0 Å². The molecule has 0 aromatic carbocycles. The van der Waals surface area contributed by atoms with Crippen LogP contribution in [0, 0.1) is 5.92 Å². The second-order valence-corrected chi connectivity index (χ2v) is 7.27. The molecule has 0 aliphatic rings. The lowest BCUT2D eigenvalue weighted by Gasteiger charge is -2.19. The Morgan fingerprint density at radius 3 is 1.54 bits per heavy atom. The zero-order valence-corrected chi connectivity index (χ0v) is 16.3. The molecule has 0 bridgehead atoms. The molecule has 0 saturated heterocycles. The second-order valence-electron chi connectivity index (χ2n) is 7.27. The summed E-state index contributed by atoms with van der Waals surface area (Å²) in [6.07, 6.45) is 18.0. The fourth-order valence-electron chi connectivity index (χ4n) is 3.37. The summed E-state index contributed by atoms with van der Waals surface area (Å²) in [4.78, 5) is 11.3. The van der Waals surface area contributed by atoms with Gasteiger partial charge in [-0.1, -0.05) is 104 Å². The summed E-state index contributed by atoms with van der Waals surface area (Å²) in [6, 6.07) is 0. The standard InChI is InChI=1S/C21H42O3/c1-3-5-6-7-8-9-10-11-12-13-14-15-16-17-19(4-2)21(24)20(23)18-22/h19,21-22,24H,3-18H2,1-2H3. The molecular formula is C21H42O3. The van der Waals surface area contributed by atoms with Gasteiger partial charge in [-0.25, -0.2) is 0 Å². The Labute approximate surface area is 150 Å². The minimum atomic E-state index is -0.975. The highest BCUT2D eigenvalue weighted by Gasteiger charge is 2.23. The lowest BCUT2D eigenvalue weighted by Crippen LogP contribution is -2.31. The van der Waals surface area contributed by atoms with E-state index in [0.717, 1.165) is 19.3 Å². The number of unbranched alkanes of at least 4 members (excludes halogenated alkanes) is 12. The van der Waals surface area contributed by atoms with Gasteiger partial charge in [0.05, 0.1) is 0 Å². The zero-order valence-electron chi connectivity index (χ0n) is 16.3. The van der Waals surface area contributed by atoms with E-state index in [-0.39, 0.29) is 5.92 Å². The van der Waals surface area contributed by atoms with Gasteiger partial charge in [0.25, 0.3) is 0 Å². The van der Waals surface area contributed by atoms with Gasteiger partial charge in [-0.15, -0.1) is 0 Å². The maximum absolute atomic E-state index is 11.3. The topological polar surface area (TPSA) is 57.5 Å². The number of aliphatic hydroxyl groups is 2. The van der Waals surface area contributed by atoms with Crippen LogP contribution in [0.15, 0.2) is 0 Å². The number of ketones is 1. The number of carbonyl (C=O) groups excluding carboxylic acids is 1. The first-order valence-corrected chi connectivity index (χ1v) is 10.5. The number of Topliss-reactive ketones (excluding diaryl/α,β-unsaturated/α-hetero) is 1. The quantitative estimate of drug-likeness (QED) is 0.327. The fraction of sp³-hybridized carbons (Fsp3) is 0.952. The molecule has 0 spiro atoms. The predicted octanol–water partition coefficient (Wildman–Crippen LogP) is 5.42. The minimum Gasteiger partial charge on any atom is -0.388 e. The summed E-state index contributed by atoms with van der Waals surface area (Å²) in [7, 11) is 0. The summed E-state index contributed by atoms with van der Waals surface area (Å²) in [5, 5.41) is 18.7. The van der Waals surface area contributed by atoms with Crippen LogP contribution in [0.5, 0.6) is 0 Å². The molecule has 0 heterocycles. The van der Waals surface area contributed by atoms with E-state index in [4.69, 9.17) is 5.11 Å². The predicted molar refractivity (Wildman–Crippen MR) is 102 cm³/mol. The Bertz CT molecular complexity index is 278. The summed E-state index contributed by atoms with van der Waals surface area (Å²) in [5.74, 6) is -0.422. The summed E-state index contributed by atoms with van der Waals surface area (Å²) in [5.41, 5.74) is 0. The molecular weight excluding hydrogens is 300 g/mol.